The van der Waals surface area contributed by atoms with Crippen LogP contribution in [0.5, 0.6) is 0 Å². The van der Waals surface area contributed by atoms with E-state index in [-0.39, 0.29) is 17.9 Å². The molecular weight excluding hydrogens is 290 g/mol. The standard InChI is InChI=1S/C14H19N3O3S/c18-12(9-6-10(9)16-14(19)20)17-13-15-7-11(21-13)8-4-2-1-3-5-8/h7-10,16H,1-6H2,(H,19,20)(H,15,17,18)/t9-,10-/m1/s1. The second-order valence-electron chi connectivity index (χ2n) is 5.79. The van der Waals surface area contributed by atoms with Crippen molar-refractivity contribution in [3.05, 3.63) is 11.1 Å². The number of nitrogens with zero attached hydrogens (tertiary/aromatic N) is 1. The van der Waals surface area contributed by atoms with Crippen LogP contribution in [0.2, 0.25) is 0 Å². The highest BCUT2D eigenvalue weighted by Crippen LogP contribution is 2.37. The monoisotopic (exact) mass is 309 g/mol. The average molecular weight is 309 g/mol. The maximum absolute atomic E-state index is 12.0. The zero-order valence-electron chi connectivity index (χ0n) is 11.7. The molecule has 0 aromatic carbocycles. The maximum atomic E-state index is 12.0. The van der Waals surface area contributed by atoms with Crippen molar-refractivity contribution in [2.24, 2.45) is 5.92 Å². The maximum Gasteiger partial charge on any atom is 0.404 e. The van der Waals surface area contributed by atoms with E-state index in [1.807, 2.05) is 6.20 Å². The Bertz CT molecular complexity index is 539. The largest absolute Gasteiger partial charge is 0.465 e. The Morgan fingerprint density at radius 3 is 2.76 bits per heavy atom. The molecule has 3 N–H and O–H groups in total. The van der Waals surface area contributed by atoms with Crippen LogP contribution in [0.1, 0.15) is 49.3 Å². The summed E-state index contributed by atoms with van der Waals surface area (Å²) < 4.78 is 0. The molecule has 21 heavy (non-hydrogen) atoms. The van der Waals surface area contributed by atoms with Crippen LogP contribution in [0.3, 0.4) is 0 Å². The van der Waals surface area contributed by atoms with Gasteiger partial charge in [-0.2, -0.15) is 0 Å². The Labute approximate surface area is 127 Å². The molecule has 0 saturated heterocycles. The van der Waals surface area contributed by atoms with Crippen LogP contribution >= 0.6 is 11.3 Å². The fourth-order valence-corrected chi connectivity index (χ4v) is 3.91. The molecule has 2 amide bonds. The lowest BCUT2D eigenvalue weighted by Crippen LogP contribution is -2.27. The number of anilines is 1. The molecular formula is C14H19N3O3S. The van der Waals surface area contributed by atoms with Crippen LogP contribution < -0.4 is 10.6 Å². The van der Waals surface area contributed by atoms with Crippen LogP contribution in [0.4, 0.5) is 9.93 Å². The minimum Gasteiger partial charge on any atom is -0.465 e. The van der Waals surface area contributed by atoms with Crippen molar-refractivity contribution >= 4 is 28.5 Å². The molecule has 2 atom stereocenters. The van der Waals surface area contributed by atoms with Crippen molar-refractivity contribution in [2.45, 2.75) is 50.5 Å². The summed E-state index contributed by atoms with van der Waals surface area (Å²) in [5, 5.41) is 14.4. The molecule has 3 rings (SSSR count). The fraction of sp³-hybridized carbons (Fsp3) is 0.643. The number of carbonyl (C=O) groups excluding carboxylic acids is 1. The summed E-state index contributed by atoms with van der Waals surface area (Å²) in [5.41, 5.74) is 0. The Morgan fingerprint density at radius 1 is 1.29 bits per heavy atom. The van der Waals surface area contributed by atoms with Crippen molar-refractivity contribution in [3.8, 4) is 0 Å². The van der Waals surface area contributed by atoms with Crippen molar-refractivity contribution in [2.75, 3.05) is 5.32 Å². The van der Waals surface area contributed by atoms with E-state index in [4.69, 9.17) is 5.11 Å². The van der Waals surface area contributed by atoms with Crippen LogP contribution in [-0.2, 0) is 4.79 Å². The van der Waals surface area contributed by atoms with E-state index in [0.29, 0.717) is 17.5 Å². The molecule has 0 unspecified atom stereocenters. The number of nitrogens with one attached hydrogen (secondary N) is 2. The zero-order chi connectivity index (χ0) is 14.8. The van der Waals surface area contributed by atoms with Gasteiger partial charge in [0.15, 0.2) is 5.13 Å². The first-order valence-corrected chi connectivity index (χ1v) is 8.21. The van der Waals surface area contributed by atoms with E-state index in [0.717, 1.165) is 0 Å². The molecule has 1 aromatic rings. The number of thiazole rings is 1. The normalized spacial score (nSPS) is 25.3. The SMILES string of the molecule is O=C(O)N[C@@H]1C[C@H]1C(=O)Nc1ncc(C2CCCCC2)s1. The van der Waals surface area contributed by atoms with E-state index in [9.17, 15) is 9.59 Å². The zero-order valence-corrected chi connectivity index (χ0v) is 12.5. The molecule has 6 nitrogen and oxygen atoms in total. The highest BCUT2D eigenvalue weighted by Gasteiger charge is 2.44. The highest BCUT2D eigenvalue weighted by atomic mass is 32.1. The first kappa shape index (κ1) is 14.3. The van der Waals surface area contributed by atoms with Crippen molar-refractivity contribution < 1.29 is 14.7 Å². The summed E-state index contributed by atoms with van der Waals surface area (Å²) in [6.07, 6.45) is 7.65. The Hall–Kier alpha value is -1.63. The Balaban J connectivity index is 1.53. The number of hydrogen-bond donors (Lipinski definition) is 3. The van der Waals surface area contributed by atoms with E-state index in [2.05, 4.69) is 15.6 Å². The second-order valence-corrected chi connectivity index (χ2v) is 6.85. The predicted molar refractivity (Wildman–Crippen MR) is 79.6 cm³/mol. The van der Waals surface area contributed by atoms with Gasteiger partial charge in [-0.3, -0.25) is 4.79 Å². The summed E-state index contributed by atoms with van der Waals surface area (Å²) in [7, 11) is 0. The molecule has 2 aliphatic carbocycles. The summed E-state index contributed by atoms with van der Waals surface area (Å²) in [4.78, 5) is 28.0. The van der Waals surface area contributed by atoms with Crippen molar-refractivity contribution in [1.82, 2.24) is 10.3 Å². The number of aromatic nitrogens is 1. The average Bonchev–Trinajstić information content (AvgIpc) is 3.07. The van der Waals surface area contributed by atoms with Gasteiger partial charge in [0.1, 0.15) is 0 Å². The molecule has 2 fully saturated rings. The number of carbonyl (C=O) groups is 2. The summed E-state index contributed by atoms with van der Waals surface area (Å²) in [6.45, 7) is 0. The predicted octanol–water partition coefficient (Wildman–Crippen LogP) is 2.79. The van der Waals surface area contributed by atoms with Crippen LogP contribution in [-0.4, -0.2) is 28.1 Å². The molecule has 0 aliphatic heterocycles. The smallest absolute Gasteiger partial charge is 0.404 e. The molecule has 0 radical (unpaired) electrons. The second kappa shape index (κ2) is 6.01. The quantitative estimate of drug-likeness (QED) is 0.797. The lowest BCUT2D eigenvalue weighted by molar-refractivity contribution is -0.117. The molecule has 114 valence electrons. The van der Waals surface area contributed by atoms with Gasteiger partial charge in [-0.05, 0) is 25.2 Å². The van der Waals surface area contributed by atoms with Gasteiger partial charge in [-0.25, -0.2) is 9.78 Å². The van der Waals surface area contributed by atoms with E-state index in [1.165, 1.54) is 37.0 Å². The van der Waals surface area contributed by atoms with Crippen LogP contribution in [0.25, 0.3) is 0 Å². The van der Waals surface area contributed by atoms with E-state index >= 15 is 0 Å². The third kappa shape index (κ3) is 3.53. The lowest BCUT2D eigenvalue weighted by atomic mass is 9.89. The molecule has 1 aromatic heterocycles. The van der Waals surface area contributed by atoms with Crippen LogP contribution in [0, 0.1) is 5.92 Å². The first-order chi connectivity index (χ1) is 10.1. The van der Waals surface area contributed by atoms with Crippen molar-refractivity contribution in [3.63, 3.8) is 0 Å². The molecule has 2 aliphatic rings. The molecule has 0 bridgehead atoms. The third-order valence-electron chi connectivity index (χ3n) is 4.20. The minimum absolute atomic E-state index is 0.140. The number of amides is 2. The van der Waals surface area contributed by atoms with Gasteiger partial charge >= 0.3 is 6.09 Å². The van der Waals surface area contributed by atoms with E-state index < -0.39 is 6.09 Å². The summed E-state index contributed by atoms with van der Waals surface area (Å²) >= 11 is 1.55. The summed E-state index contributed by atoms with van der Waals surface area (Å²) in [5.74, 6) is 0.186. The number of carboxylic acid groups (broad SMARTS) is 1. The van der Waals surface area contributed by atoms with Crippen LogP contribution in [0.15, 0.2) is 6.20 Å². The Kier molecular flexibility index (Phi) is 4.10. The van der Waals surface area contributed by atoms with Crippen molar-refractivity contribution in [1.29, 1.82) is 0 Å². The number of rotatable bonds is 4. The van der Waals surface area contributed by atoms with Gasteiger partial charge in [0.05, 0.1) is 5.92 Å². The molecule has 7 heteroatoms. The third-order valence-corrected chi connectivity index (χ3v) is 5.27. The highest BCUT2D eigenvalue weighted by molar-refractivity contribution is 7.15. The molecule has 2 saturated carbocycles. The van der Waals surface area contributed by atoms with Gasteiger partial charge < -0.3 is 15.7 Å². The Morgan fingerprint density at radius 2 is 2.05 bits per heavy atom. The first-order valence-electron chi connectivity index (χ1n) is 7.39. The van der Waals surface area contributed by atoms with E-state index in [1.54, 1.807) is 11.3 Å². The van der Waals surface area contributed by atoms with Gasteiger partial charge in [0.2, 0.25) is 5.91 Å². The number of hydrogen-bond acceptors (Lipinski definition) is 4. The van der Waals surface area contributed by atoms with Gasteiger partial charge in [-0.1, -0.05) is 19.3 Å². The van der Waals surface area contributed by atoms with Gasteiger partial charge in [0, 0.05) is 17.1 Å². The minimum atomic E-state index is -1.08. The molecule has 0 spiro atoms. The topological polar surface area (TPSA) is 91.3 Å². The summed E-state index contributed by atoms with van der Waals surface area (Å²) in [6, 6.07) is -0.250. The molecule has 1 heterocycles. The van der Waals surface area contributed by atoms with Gasteiger partial charge in [-0.15, -0.1) is 11.3 Å². The lowest BCUT2D eigenvalue weighted by Gasteiger charge is -2.19. The van der Waals surface area contributed by atoms with Gasteiger partial charge in [0.25, 0.3) is 0 Å². The fourth-order valence-electron chi connectivity index (χ4n) is 2.92.